The van der Waals surface area contributed by atoms with Crippen LogP contribution in [0.4, 0.5) is 0 Å². The predicted molar refractivity (Wildman–Crippen MR) is 54.8 cm³/mol. The molecular formula is C12H12O2. The first-order valence-corrected chi connectivity index (χ1v) is 4.42. The number of carbonyl (C=O) groups excluding carboxylic acids is 1. The lowest BCUT2D eigenvalue weighted by atomic mass is 10.2. The van der Waals surface area contributed by atoms with Gasteiger partial charge in [-0.15, -0.1) is 5.92 Å². The highest BCUT2D eigenvalue weighted by atomic mass is 16.5. The summed E-state index contributed by atoms with van der Waals surface area (Å²) in [4.78, 5) is 11.4. The number of esters is 1. The fourth-order valence-electron chi connectivity index (χ4n) is 1.04. The van der Waals surface area contributed by atoms with E-state index in [0.717, 1.165) is 0 Å². The van der Waals surface area contributed by atoms with Crippen LogP contribution in [0.2, 0.25) is 0 Å². The summed E-state index contributed by atoms with van der Waals surface area (Å²) < 4.78 is 5.06. The Morgan fingerprint density at radius 2 is 2.00 bits per heavy atom. The van der Waals surface area contributed by atoms with Crippen LogP contribution in [-0.2, 0) is 4.74 Å². The van der Waals surface area contributed by atoms with E-state index in [4.69, 9.17) is 4.74 Å². The molecule has 0 radical (unpaired) electrons. The molecule has 0 aromatic heterocycles. The predicted octanol–water partition coefficient (Wildman–Crippen LogP) is 2.26. The van der Waals surface area contributed by atoms with Gasteiger partial charge in [0, 0.05) is 0 Å². The van der Waals surface area contributed by atoms with Gasteiger partial charge in [-0.25, -0.2) is 4.79 Å². The smallest absolute Gasteiger partial charge is 0.339 e. The van der Waals surface area contributed by atoms with Crippen LogP contribution in [-0.4, -0.2) is 12.1 Å². The van der Waals surface area contributed by atoms with Gasteiger partial charge >= 0.3 is 5.97 Å². The van der Waals surface area contributed by atoms with Gasteiger partial charge in [0.15, 0.2) is 6.10 Å². The second-order valence-corrected chi connectivity index (χ2v) is 2.81. The van der Waals surface area contributed by atoms with E-state index in [1.807, 2.05) is 6.07 Å². The molecule has 72 valence electrons. The fraction of sp³-hybridized carbons (Fsp3) is 0.250. The minimum Gasteiger partial charge on any atom is -0.446 e. The molecule has 1 atom stereocenters. The van der Waals surface area contributed by atoms with E-state index >= 15 is 0 Å². The second kappa shape index (κ2) is 5.08. The topological polar surface area (TPSA) is 26.3 Å². The van der Waals surface area contributed by atoms with Crippen LogP contribution in [0.1, 0.15) is 24.2 Å². The van der Waals surface area contributed by atoms with Gasteiger partial charge in [0.05, 0.1) is 5.56 Å². The standard InChI is InChI=1S/C12H12O2/c1-3-7-10(2)14-12(13)11-8-5-4-6-9-11/h4-6,8-10H,1-2H3/t10-/m0/s1. The van der Waals surface area contributed by atoms with E-state index in [1.165, 1.54) is 0 Å². The van der Waals surface area contributed by atoms with Crippen molar-refractivity contribution in [2.45, 2.75) is 20.0 Å². The zero-order valence-corrected chi connectivity index (χ0v) is 8.28. The summed E-state index contributed by atoms with van der Waals surface area (Å²) in [6, 6.07) is 8.88. The number of benzene rings is 1. The van der Waals surface area contributed by atoms with Crippen molar-refractivity contribution in [3.05, 3.63) is 35.9 Å². The minimum atomic E-state index is -0.354. The summed E-state index contributed by atoms with van der Waals surface area (Å²) >= 11 is 0. The Hall–Kier alpha value is -1.75. The van der Waals surface area contributed by atoms with Crippen LogP contribution in [0.3, 0.4) is 0 Å². The maximum absolute atomic E-state index is 11.4. The monoisotopic (exact) mass is 188 g/mol. The normalized spacial score (nSPS) is 11.0. The Balaban J connectivity index is 2.62. The molecule has 0 saturated carbocycles. The van der Waals surface area contributed by atoms with Gasteiger partial charge in [-0.3, -0.25) is 0 Å². The molecule has 0 aliphatic heterocycles. The Bertz CT molecular complexity index is 357. The van der Waals surface area contributed by atoms with Gasteiger partial charge in [-0.1, -0.05) is 24.1 Å². The van der Waals surface area contributed by atoms with Crippen molar-refractivity contribution in [2.24, 2.45) is 0 Å². The quantitative estimate of drug-likeness (QED) is 0.525. The lowest BCUT2D eigenvalue weighted by Crippen LogP contribution is -2.12. The molecule has 0 heterocycles. The Morgan fingerprint density at radius 3 is 2.57 bits per heavy atom. The van der Waals surface area contributed by atoms with Gasteiger partial charge in [-0.05, 0) is 26.0 Å². The van der Waals surface area contributed by atoms with Crippen LogP contribution >= 0.6 is 0 Å². The summed E-state index contributed by atoms with van der Waals surface area (Å²) in [7, 11) is 0. The number of hydrogen-bond acceptors (Lipinski definition) is 2. The molecule has 1 rings (SSSR count). The zero-order valence-electron chi connectivity index (χ0n) is 8.28. The highest BCUT2D eigenvalue weighted by molar-refractivity contribution is 5.89. The molecule has 0 aliphatic carbocycles. The van der Waals surface area contributed by atoms with Crippen molar-refractivity contribution in [3.8, 4) is 11.8 Å². The van der Waals surface area contributed by atoms with Gasteiger partial charge in [0.1, 0.15) is 0 Å². The molecule has 0 aliphatic rings. The van der Waals surface area contributed by atoms with Crippen LogP contribution in [0.15, 0.2) is 30.3 Å². The Labute approximate surface area is 83.9 Å². The minimum absolute atomic E-state index is 0.333. The second-order valence-electron chi connectivity index (χ2n) is 2.81. The summed E-state index contributed by atoms with van der Waals surface area (Å²) in [5, 5.41) is 0. The van der Waals surface area contributed by atoms with Crippen molar-refractivity contribution < 1.29 is 9.53 Å². The Morgan fingerprint density at radius 1 is 1.36 bits per heavy atom. The van der Waals surface area contributed by atoms with Crippen LogP contribution in [0.25, 0.3) is 0 Å². The average Bonchev–Trinajstić information content (AvgIpc) is 2.19. The number of rotatable bonds is 2. The summed E-state index contributed by atoms with van der Waals surface area (Å²) in [6.07, 6.45) is -0.354. The zero-order chi connectivity index (χ0) is 10.4. The van der Waals surface area contributed by atoms with E-state index in [9.17, 15) is 4.79 Å². The third-order valence-electron chi connectivity index (χ3n) is 1.64. The van der Waals surface area contributed by atoms with Crippen LogP contribution in [0.5, 0.6) is 0 Å². The third kappa shape index (κ3) is 2.95. The molecule has 1 aromatic rings. The van der Waals surface area contributed by atoms with E-state index in [1.54, 1.807) is 38.1 Å². The van der Waals surface area contributed by atoms with Gasteiger partial charge in [-0.2, -0.15) is 0 Å². The van der Waals surface area contributed by atoms with E-state index in [2.05, 4.69) is 11.8 Å². The van der Waals surface area contributed by atoms with Gasteiger partial charge in [0.25, 0.3) is 0 Å². The molecule has 0 saturated heterocycles. The molecular weight excluding hydrogens is 176 g/mol. The SMILES string of the molecule is CC#C[C@H](C)OC(=O)c1ccccc1. The van der Waals surface area contributed by atoms with E-state index in [0.29, 0.717) is 5.56 Å². The molecule has 0 fully saturated rings. The van der Waals surface area contributed by atoms with Crippen molar-refractivity contribution in [2.75, 3.05) is 0 Å². The average molecular weight is 188 g/mol. The van der Waals surface area contributed by atoms with Crippen LogP contribution < -0.4 is 0 Å². The highest BCUT2D eigenvalue weighted by Crippen LogP contribution is 2.02. The lowest BCUT2D eigenvalue weighted by molar-refractivity contribution is 0.0438. The highest BCUT2D eigenvalue weighted by Gasteiger charge is 2.08. The molecule has 0 spiro atoms. The number of carbonyl (C=O) groups is 1. The first kappa shape index (κ1) is 10.3. The van der Waals surface area contributed by atoms with Gasteiger partial charge < -0.3 is 4.74 Å². The molecule has 1 aromatic carbocycles. The van der Waals surface area contributed by atoms with Crippen LogP contribution in [0, 0.1) is 11.8 Å². The van der Waals surface area contributed by atoms with Crippen molar-refractivity contribution in [1.29, 1.82) is 0 Å². The van der Waals surface area contributed by atoms with Crippen molar-refractivity contribution in [1.82, 2.24) is 0 Å². The molecule has 2 heteroatoms. The summed E-state index contributed by atoms with van der Waals surface area (Å²) in [5.74, 6) is 5.12. The fourth-order valence-corrected chi connectivity index (χ4v) is 1.04. The number of hydrogen-bond donors (Lipinski definition) is 0. The molecule has 14 heavy (non-hydrogen) atoms. The lowest BCUT2D eigenvalue weighted by Gasteiger charge is -2.06. The maximum Gasteiger partial charge on any atom is 0.339 e. The van der Waals surface area contributed by atoms with E-state index in [-0.39, 0.29) is 12.1 Å². The first-order chi connectivity index (χ1) is 6.74. The maximum atomic E-state index is 11.4. The van der Waals surface area contributed by atoms with Gasteiger partial charge in [0.2, 0.25) is 0 Å². The first-order valence-electron chi connectivity index (χ1n) is 4.42. The third-order valence-corrected chi connectivity index (χ3v) is 1.64. The number of ether oxygens (including phenoxy) is 1. The molecule has 0 N–H and O–H groups in total. The molecule has 0 bridgehead atoms. The van der Waals surface area contributed by atoms with Crippen molar-refractivity contribution in [3.63, 3.8) is 0 Å². The summed E-state index contributed by atoms with van der Waals surface area (Å²) in [6.45, 7) is 3.46. The van der Waals surface area contributed by atoms with Crippen molar-refractivity contribution >= 4 is 5.97 Å². The largest absolute Gasteiger partial charge is 0.446 e. The molecule has 0 amide bonds. The summed E-state index contributed by atoms with van der Waals surface area (Å²) in [5.41, 5.74) is 0.553. The Kier molecular flexibility index (Phi) is 3.75. The molecule has 0 unspecified atom stereocenters. The van der Waals surface area contributed by atoms with E-state index < -0.39 is 0 Å². The molecule has 2 nitrogen and oxygen atoms in total.